The van der Waals surface area contributed by atoms with Gasteiger partial charge in [-0.15, -0.1) is 0 Å². The minimum atomic E-state index is -0.995. The van der Waals surface area contributed by atoms with E-state index >= 15 is 0 Å². The second kappa shape index (κ2) is 10.4. The van der Waals surface area contributed by atoms with E-state index in [4.69, 9.17) is 0 Å². The van der Waals surface area contributed by atoms with Crippen LogP contribution in [0.4, 0.5) is 14.5 Å². The van der Waals surface area contributed by atoms with Crippen LogP contribution in [0.2, 0.25) is 0 Å². The summed E-state index contributed by atoms with van der Waals surface area (Å²) in [6.45, 7) is 7.84. The largest absolute Gasteiger partial charge is 0.390 e. The molecule has 0 aromatic heterocycles. The molecule has 0 radical (unpaired) electrons. The molecule has 0 aliphatic carbocycles. The summed E-state index contributed by atoms with van der Waals surface area (Å²) in [6, 6.07) is 8.53. The fourth-order valence-electron chi connectivity index (χ4n) is 4.58. The average Bonchev–Trinajstić information content (AvgIpc) is 2.70. The molecule has 1 aliphatic rings. The highest BCUT2D eigenvalue weighted by atomic mass is 19.1. The predicted molar refractivity (Wildman–Crippen MR) is 129 cm³/mol. The van der Waals surface area contributed by atoms with Gasteiger partial charge in [0.05, 0.1) is 17.7 Å². The molecule has 34 heavy (non-hydrogen) atoms. The molecule has 3 atom stereocenters. The predicted octanol–water partition coefficient (Wildman–Crippen LogP) is 3.01. The summed E-state index contributed by atoms with van der Waals surface area (Å²) in [4.78, 5) is 11.7. The van der Waals surface area contributed by atoms with Crippen molar-refractivity contribution in [2.45, 2.75) is 70.2 Å². The van der Waals surface area contributed by atoms with Crippen molar-refractivity contribution in [2.75, 3.05) is 18.4 Å². The Hall–Kier alpha value is -2.55. The highest BCUT2D eigenvalue weighted by molar-refractivity contribution is 5.73. The fourth-order valence-corrected chi connectivity index (χ4v) is 4.58. The summed E-state index contributed by atoms with van der Waals surface area (Å²) in [5.74, 6) is -1.75. The zero-order valence-electron chi connectivity index (χ0n) is 20.2. The SMILES string of the molecule is CC(=O)N[C@@H](Cc1cc(F)cc(F)c1)[C@@H](O)CNC1(C)CCNc2ccc(CC(C)(C)O)cc21. The van der Waals surface area contributed by atoms with E-state index in [1.165, 1.54) is 19.1 Å². The normalized spacial score (nSPS) is 19.6. The van der Waals surface area contributed by atoms with Gasteiger partial charge in [0.15, 0.2) is 0 Å². The average molecular weight is 476 g/mol. The number of anilines is 1. The van der Waals surface area contributed by atoms with Crippen LogP contribution in [0.15, 0.2) is 36.4 Å². The van der Waals surface area contributed by atoms with E-state index in [-0.39, 0.29) is 18.9 Å². The third kappa shape index (κ3) is 6.98. The van der Waals surface area contributed by atoms with Crippen molar-refractivity contribution in [3.8, 4) is 0 Å². The molecule has 2 aromatic carbocycles. The molecule has 0 saturated heterocycles. The summed E-state index contributed by atoms with van der Waals surface area (Å²) >= 11 is 0. The molecule has 186 valence electrons. The van der Waals surface area contributed by atoms with Gasteiger partial charge in [-0.25, -0.2) is 8.78 Å². The Balaban J connectivity index is 1.76. The van der Waals surface area contributed by atoms with Crippen molar-refractivity contribution in [1.82, 2.24) is 10.6 Å². The van der Waals surface area contributed by atoms with E-state index in [2.05, 4.69) is 28.9 Å². The Kier molecular flexibility index (Phi) is 7.95. The number of rotatable bonds is 9. The first-order valence-electron chi connectivity index (χ1n) is 11.6. The van der Waals surface area contributed by atoms with E-state index in [1.807, 2.05) is 12.1 Å². The molecule has 0 bridgehead atoms. The molecule has 1 amide bonds. The first-order chi connectivity index (χ1) is 15.8. The van der Waals surface area contributed by atoms with E-state index in [0.717, 1.165) is 35.8 Å². The van der Waals surface area contributed by atoms with E-state index in [9.17, 15) is 23.8 Å². The lowest BCUT2D eigenvalue weighted by Crippen LogP contribution is -2.53. The third-order valence-electron chi connectivity index (χ3n) is 6.19. The van der Waals surface area contributed by atoms with Gasteiger partial charge in [0.2, 0.25) is 5.91 Å². The summed E-state index contributed by atoms with van der Waals surface area (Å²) in [5.41, 5.74) is 2.10. The number of hydrogen-bond acceptors (Lipinski definition) is 5. The highest BCUT2D eigenvalue weighted by Gasteiger charge is 2.34. The van der Waals surface area contributed by atoms with Crippen LogP contribution in [0, 0.1) is 11.6 Å². The Labute approximate surface area is 199 Å². The summed E-state index contributed by atoms with van der Waals surface area (Å²) in [6.07, 6.45) is 0.360. The number of carbonyl (C=O) groups is 1. The van der Waals surface area contributed by atoms with E-state index in [0.29, 0.717) is 12.0 Å². The molecule has 1 heterocycles. The van der Waals surface area contributed by atoms with Gasteiger partial charge in [-0.2, -0.15) is 0 Å². The maximum atomic E-state index is 13.6. The molecule has 1 unspecified atom stereocenters. The van der Waals surface area contributed by atoms with Crippen LogP contribution < -0.4 is 16.0 Å². The molecule has 2 aromatic rings. The van der Waals surface area contributed by atoms with Gasteiger partial charge >= 0.3 is 0 Å². The number of benzene rings is 2. The molecule has 6 nitrogen and oxygen atoms in total. The van der Waals surface area contributed by atoms with Gasteiger partial charge in [-0.3, -0.25) is 4.79 Å². The number of carbonyl (C=O) groups excluding carboxylic acids is 1. The third-order valence-corrected chi connectivity index (χ3v) is 6.19. The van der Waals surface area contributed by atoms with Crippen LogP contribution in [0.1, 0.15) is 50.8 Å². The van der Waals surface area contributed by atoms with E-state index < -0.39 is 34.9 Å². The number of aliphatic hydroxyl groups is 2. The summed E-state index contributed by atoms with van der Waals surface area (Å²) < 4.78 is 27.3. The minimum absolute atomic E-state index is 0.0850. The zero-order valence-corrected chi connectivity index (χ0v) is 20.2. The van der Waals surface area contributed by atoms with Gasteiger partial charge < -0.3 is 26.2 Å². The van der Waals surface area contributed by atoms with Gasteiger partial charge in [0.25, 0.3) is 0 Å². The van der Waals surface area contributed by atoms with Crippen LogP contribution in [0.5, 0.6) is 0 Å². The topological polar surface area (TPSA) is 93.6 Å². The number of fused-ring (bicyclic) bond motifs is 1. The van der Waals surface area contributed by atoms with Crippen LogP contribution in [-0.2, 0) is 23.2 Å². The second-order valence-corrected chi connectivity index (χ2v) is 10.1. The maximum absolute atomic E-state index is 13.6. The van der Waals surface area contributed by atoms with Crippen molar-refractivity contribution in [2.24, 2.45) is 0 Å². The number of amides is 1. The van der Waals surface area contributed by atoms with Crippen molar-refractivity contribution in [1.29, 1.82) is 0 Å². The Morgan fingerprint density at radius 1 is 1.18 bits per heavy atom. The first kappa shape index (κ1) is 26.1. The van der Waals surface area contributed by atoms with Crippen LogP contribution >= 0.6 is 0 Å². The lowest BCUT2D eigenvalue weighted by molar-refractivity contribution is -0.120. The molecule has 0 spiro atoms. The Morgan fingerprint density at radius 2 is 1.85 bits per heavy atom. The van der Waals surface area contributed by atoms with Crippen molar-refractivity contribution in [3.05, 3.63) is 64.7 Å². The quantitative estimate of drug-likeness (QED) is 0.385. The molecule has 0 fully saturated rings. The molecule has 8 heteroatoms. The van der Waals surface area contributed by atoms with Crippen LogP contribution in [-0.4, -0.2) is 47.0 Å². The second-order valence-electron chi connectivity index (χ2n) is 10.1. The molecule has 1 aliphatic heterocycles. The van der Waals surface area contributed by atoms with Crippen molar-refractivity contribution in [3.63, 3.8) is 0 Å². The fraction of sp³-hybridized carbons (Fsp3) is 0.500. The van der Waals surface area contributed by atoms with E-state index in [1.54, 1.807) is 13.8 Å². The highest BCUT2D eigenvalue weighted by Crippen LogP contribution is 2.36. The standard InChI is InChI=1S/C26H35F2N3O3/c1-16(32)31-23(12-18-9-19(27)13-20(28)10-18)24(33)15-30-26(4)7-8-29-22-6-5-17(11-21(22)26)14-25(2,3)34/h5-6,9-11,13,23-24,29-30,33-34H,7-8,12,14-15H2,1-4H3,(H,31,32)/t23-,24-,26?/m0/s1. The van der Waals surface area contributed by atoms with Crippen molar-refractivity contribution < 1.29 is 23.8 Å². The van der Waals surface area contributed by atoms with Crippen LogP contribution in [0.3, 0.4) is 0 Å². The van der Waals surface area contributed by atoms with Gasteiger partial charge in [-0.05, 0) is 68.5 Å². The lowest BCUT2D eigenvalue weighted by Gasteiger charge is -2.39. The van der Waals surface area contributed by atoms with Gasteiger partial charge in [-0.1, -0.05) is 12.1 Å². The van der Waals surface area contributed by atoms with Gasteiger partial charge in [0.1, 0.15) is 11.6 Å². The maximum Gasteiger partial charge on any atom is 0.217 e. The Bertz CT molecular complexity index is 1000. The molecular weight excluding hydrogens is 440 g/mol. The number of aliphatic hydroxyl groups excluding tert-OH is 1. The minimum Gasteiger partial charge on any atom is -0.390 e. The van der Waals surface area contributed by atoms with Crippen molar-refractivity contribution >= 4 is 11.6 Å². The monoisotopic (exact) mass is 475 g/mol. The van der Waals surface area contributed by atoms with Gasteiger partial charge in [0, 0.05) is 43.7 Å². The summed E-state index contributed by atoms with van der Waals surface area (Å²) in [5, 5.41) is 30.7. The zero-order chi connectivity index (χ0) is 25.1. The van der Waals surface area contributed by atoms with Crippen LogP contribution in [0.25, 0.3) is 0 Å². The number of hydrogen-bond donors (Lipinski definition) is 5. The molecule has 5 N–H and O–H groups in total. The number of halogens is 2. The lowest BCUT2D eigenvalue weighted by atomic mass is 9.82. The number of nitrogens with one attached hydrogen (secondary N) is 3. The molecule has 3 rings (SSSR count). The molecule has 0 saturated carbocycles. The smallest absolute Gasteiger partial charge is 0.217 e. The Morgan fingerprint density at radius 3 is 2.47 bits per heavy atom. The molecular formula is C26H35F2N3O3. The summed E-state index contributed by atoms with van der Waals surface area (Å²) in [7, 11) is 0. The first-order valence-corrected chi connectivity index (χ1v) is 11.6.